The highest BCUT2D eigenvalue weighted by atomic mass is 35.5. The van der Waals surface area contributed by atoms with Crippen molar-refractivity contribution in [2.75, 3.05) is 7.11 Å². The number of amidine groups is 1. The van der Waals surface area contributed by atoms with Gasteiger partial charge in [0.05, 0.1) is 7.11 Å². The number of benzene rings is 2. The average molecular weight is 361 g/mol. The van der Waals surface area contributed by atoms with Crippen molar-refractivity contribution < 1.29 is 9.53 Å². The fourth-order valence-electron chi connectivity index (χ4n) is 2.36. The van der Waals surface area contributed by atoms with Crippen molar-refractivity contribution in [1.29, 1.82) is 0 Å². The number of hydrogen-bond acceptors (Lipinski definition) is 3. The lowest BCUT2D eigenvalue weighted by molar-refractivity contribution is -0.115. The van der Waals surface area contributed by atoms with Crippen LogP contribution in [0.15, 0.2) is 53.2 Å². The maximum Gasteiger partial charge on any atom is 0.275 e. The third-order valence-electron chi connectivity index (χ3n) is 3.51. The number of rotatable bonds is 4. The smallest absolute Gasteiger partial charge is 0.275 e. The Morgan fingerprint density at radius 1 is 1.12 bits per heavy atom. The second-order valence-electron chi connectivity index (χ2n) is 5.23. The number of halogens is 2. The Balaban J connectivity index is 1.86. The second-order valence-corrected chi connectivity index (χ2v) is 6.10. The van der Waals surface area contributed by atoms with Crippen molar-refractivity contribution in [3.63, 3.8) is 0 Å². The van der Waals surface area contributed by atoms with E-state index >= 15 is 0 Å². The molecule has 0 atom stereocenters. The number of amides is 1. The fraction of sp³-hybridized carbons (Fsp3) is 0.111. The Labute approximate surface area is 149 Å². The van der Waals surface area contributed by atoms with E-state index in [9.17, 15) is 4.79 Å². The molecule has 0 spiro atoms. The second kappa shape index (κ2) is 7.07. The summed E-state index contributed by atoms with van der Waals surface area (Å²) in [5, 5.41) is 4.01. The van der Waals surface area contributed by atoms with Crippen LogP contribution in [0.1, 0.15) is 11.1 Å². The summed E-state index contributed by atoms with van der Waals surface area (Å²) in [5.74, 6) is 0.969. The Morgan fingerprint density at radius 3 is 2.54 bits per heavy atom. The van der Waals surface area contributed by atoms with Gasteiger partial charge in [0, 0.05) is 22.0 Å². The number of ether oxygens (including phenoxy) is 1. The van der Waals surface area contributed by atoms with Crippen molar-refractivity contribution in [3.05, 3.63) is 69.3 Å². The minimum Gasteiger partial charge on any atom is -0.496 e. The molecule has 0 radical (unpaired) electrons. The molecule has 0 aromatic heterocycles. The standard InChI is InChI=1S/C18H14Cl2N2O2/c1-24-16-7-6-14(20)9-12(16)10-15-18(23)22-17(21-15)8-11-2-4-13(19)5-3-11/h2-7,9-10H,8H2,1H3,(H,21,22,23)/b15-10+. The zero-order valence-corrected chi connectivity index (χ0v) is 14.4. The molecular weight excluding hydrogens is 347 g/mol. The van der Waals surface area contributed by atoms with Gasteiger partial charge in [-0.25, -0.2) is 4.99 Å². The van der Waals surface area contributed by atoms with E-state index in [0.717, 1.165) is 5.56 Å². The molecule has 1 amide bonds. The van der Waals surface area contributed by atoms with E-state index in [4.69, 9.17) is 27.9 Å². The third kappa shape index (κ3) is 3.78. The van der Waals surface area contributed by atoms with Gasteiger partial charge in [-0.3, -0.25) is 4.79 Å². The summed E-state index contributed by atoms with van der Waals surface area (Å²) in [6.07, 6.45) is 2.18. The molecule has 1 aliphatic rings. The van der Waals surface area contributed by atoms with Crippen LogP contribution in [0, 0.1) is 0 Å². The highest BCUT2D eigenvalue weighted by molar-refractivity contribution is 6.31. The van der Waals surface area contributed by atoms with Gasteiger partial charge in [0.1, 0.15) is 17.3 Å². The zero-order chi connectivity index (χ0) is 17.1. The van der Waals surface area contributed by atoms with Crippen molar-refractivity contribution in [2.45, 2.75) is 6.42 Å². The van der Waals surface area contributed by atoms with Crippen LogP contribution in [0.3, 0.4) is 0 Å². The summed E-state index contributed by atoms with van der Waals surface area (Å²) in [4.78, 5) is 16.5. The van der Waals surface area contributed by atoms with Crippen LogP contribution in [-0.4, -0.2) is 18.9 Å². The topological polar surface area (TPSA) is 50.7 Å². The lowest BCUT2D eigenvalue weighted by Crippen LogP contribution is -2.25. The zero-order valence-electron chi connectivity index (χ0n) is 12.8. The quantitative estimate of drug-likeness (QED) is 0.833. The third-order valence-corrected chi connectivity index (χ3v) is 4.00. The summed E-state index contributed by atoms with van der Waals surface area (Å²) >= 11 is 11.9. The first-order valence-electron chi connectivity index (χ1n) is 7.24. The van der Waals surface area contributed by atoms with Crippen LogP contribution in [0.5, 0.6) is 5.75 Å². The Kier molecular flexibility index (Phi) is 4.88. The van der Waals surface area contributed by atoms with E-state index in [0.29, 0.717) is 39.3 Å². The highest BCUT2D eigenvalue weighted by Crippen LogP contribution is 2.26. The van der Waals surface area contributed by atoms with E-state index in [1.165, 1.54) is 0 Å². The highest BCUT2D eigenvalue weighted by Gasteiger charge is 2.20. The van der Waals surface area contributed by atoms with Gasteiger partial charge in [-0.15, -0.1) is 0 Å². The van der Waals surface area contributed by atoms with Crippen LogP contribution in [0.4, 0.5) is 0 Å². The van der Waals surface area contributed by atoms with E-state index in [1.54, 1.807) is 31.4 Å². The van der Waals surface area contributed by atoms with Crippen molar-refractivity contribution in [1.82, 2.24) is 5.32 Å². The predicted molar refractivity (Wildman–Crippen MR) is 96.7 cm³/mol. The molecule has 122 valence electrons. The number of carbonyl (C=O) groups excluding carboxylic acids is 1. The van der Waals surface area contributed by atoms with E-state index in [-0.39, 0.29) is 5.91 Å². The molecule has 2 aromatic carbocycles. The van der Waals surface area contributed by atoms with Gasteiger partial charge >= 0.3 is 0 Å². The maximum absolute atomic E-state index is 12.1. The summed E-state index contributed by atoms with van der Waals surface area (Å²) < 4.78 is 5.28. The molecule has 0 unspecified atom stereocenters. The van der Waals surface area contributed by atoms with Crippen LogP contribution < -0.4 is 10.1 Å². The van der Waals surface area contributed by atoms with Crippen molar-refractivity contribution in [3.8, 4) is 5.75 Å². The molecule has 0 bridgehead atoms. The fourth-order valence-corrected chi connectivity index (χ4v) is 2.67. The van der Waals surface area contributed by atoms with Gasteiger partial charge < -0.3 is 10.1 Å². The normalized spacial score (nSPS) is 15.4. The van der Waals surface area contributed by atoms with Gasteiger partial charge in [-0.05, 0) is 42.0 Å². The molecule has 3 rings (SSSR count). The lowest BCUT2D eigenvalue weighted by atomic mass is 10.1. The van der Waals surface area contributed by atoms with Gasteiger partial charge in [0.25, 0.3) is 5.91 Å². The number of nitrogens with one attached hydrogen (secondary N) is 1. The molecule has 2 aromatic rings. The summed E-state index contributed by atoms with van der Waals surface area (Å²) in [7, 11) is 1.56. The molecule has 1 aliphatic heterocycles. The number of aliphatic imine (C=N–C) groups is 1. The molecule has 1 heterocycles. The first kappa shape index (κ1) is 16.6. The molecule has 4 nitrogen and oxygen atoms in total. The molecule has 0 aliphatic carbocycles. The van der Waals surface area contributed by atoms with Crippen LogP contribution >= 0.6 is 23.2 Å². The van der Waals surface area contributed by atoms with Crippen LogP contribution in [-0.2, 0) is 11.2 Å². The molecule has 1 N–H and O–H groups in total. The Hall–Kier alpha value is -2.30. The van der Waals surface area contributed by atoms with Crippen LogP contribution in [0.25, 0.3) is 6.08 Å². The van der Waals surface area contributed by atoms with Crippen LogP contribution in [0.2, 0.25) is 10.0 Å². The van der Waals surface area contributed by atoms with E-state index in [1.807, 2.05) is 24.3 Å². The summed E-state index contributed by atoms with van der Waals surface area (Å²) in [5.41, 5.74) is 2.03. The van der Waals surface area contributed by atoms with Crippen molar-refractivity contribution in [2.24, 2.45) is 4.99 Å². The SMILES string of the molecule is COc1ccc(Cl)cc1/C=C1/N=C(Cc2ccc(Cl)cc2)NC1=O. The van der Waals surface area contributed by atoms with Gasteiger partial charge in [-0.1, -0.05) is 35.3 Å². The molecular formula is C18H14Cl2N2O2. The van der Waals surface area contributed by atoms with Gasteiger partial charge in [-0.2, -0.15) is 0 Å². The molecule has 0 saturated heterocycles. The monoisotopic (exact) mass is 360 g/mol. The van der Waals surface area contributed by atoms with E-state index < -0.39 is 0 Å². The minimum atomic E-state index is -0.249. The molecule has 24 heavy (non-hydrogen) atoms. The van der Waals surface area contributed by atoms with Gasteiger partial charge in [0.2, 0.25) is 0 Å². The largest absolute Gasteiger partial charge is 0.496 e. The maximum atomic E-state index is 12.1. The lowest BCUT2D eigenvalue weighted by Gasteiger charge is -2.05. The number of methoxy groups -OCH3 is 1. The molecule has 0 saturated carbocycles. The Bertz CT molecular complexity index is 843. The minimum absolute atomic E-state index is 0.249. The summed E-state index contributed by atoms with van der Waals surface area (Å²) in [6, 6.07) is 12.6. The average Bonchev–Trinajstić information content (AvgIpc) is 2.89. The number of carbonyl (C=O) groups is 1. The first-order valence-corrected chi connectivity index (χ1v) is 7.99. The number of hydrogen-bond donors (Lipinski definition) is 1. The number of nitrogens with zero attached hydrogens (tertiary/aromatic N) is 1. The first-order chi connectivity index (χ1) is 11.5. The Morgan fingerprint density at radius 2 is 1.83 bits per heavy atom. The molecule has 0 fully saturated rings. The predicted octanol–water partition coefficient (Wildman–Crippen LogP) is 4.11. The molecule has 6 heteroatoms. The van der Waals surface area contributed by atoms with E-state index in [2.05, 4.69) is 10.3 Å². The van der Waals surface area contributed by atoms with Gasteiger partial charge in [0.15, 0.2) is 0 Å². The van der Waals surface area contributed by atoms with Crippen molar-refractivity contribution >= 4 is 41.0 Å². The summed E-state index contributed by atoms with van der Waals surface area (Å²) in [6.45, 7) is 0.